The Labute approximate surface area is 159 Å². The normalized spacial score (nSPS) is 13.0. The maximum Gasteiger partial charge on any atom is 0.306 e. The third kappa shape index (κ3) is 6.84. The monoisotopic (exact) mass is 374 g/mol. The van der Waals surface area contributed by atoms with Crippen molar-refractivity contribution in [3.8, 4) is 0 Å². The van der Waals surface area contributed by atoms with Crippen molar-refractivity contribution in [1.29, 1.82) is 0 Å². The van der Waals surface area contributed by atoms with Crippen LogP contribution in [0, 0.1) is 13.8 Å². The van der Waals surface area contributed by atoms with Crippen molar-refractivity contribution in [3.63, 3.8) is 0 Å². The highest BCUT2D eigenvalue weighted by Gasteiger charge is 2.24. The van der Waals surface area contributed by atoms with Crippen LogP contribution in [-0.2, 0) is 19.1 Å². The molecule has 1 aliphatic rings. The summed E-state index contributed by atoms with van der Waals surface area (Å²) in [6.45, 7) is 3.37. The Balaban J connectivity index is 1.68. The molecule has 27 heavy (non-hydrogen) atoms. The molecule has 1 aliphatic carbocycles. The fraction of sp³-hybridized carbons (Fsp3) is 0.500. The van der Waals surface area contributed by atoms with E-state index in [9.17, 15) is 19.2 Å². The van der Waals surface area contributed by atoms with Gasteiger partial charge in [-0.3, -0.25) is 19.2 Å². The Hall–Kier alpha value is -2.70. The minimum absolute atomic E-state index is 0.0230. The topological polar surface area (TPSA) is 92.8 Å². The molecule has 0 saturated heterocycles. The van der Waals surface area contributed by atoms with Crippen LogP contribution in [0.15, 0.2) is 18.2 Å². The fourth-order valence-corrected chi connectivity index (χ4v) is 2.40. The van der Waals surface area contributed by atoms with Gasteiger partial charge in [-0.2, -0.15) is 0 Å². The second-order valence-electron chi connectivity index (χ2n) is 6.97. The number of esters is 1. The third-order valence-corrected chi connectivity index (χ3v) is 4.49. The van der Waals surface area contributed by atoms with Crippen LogP contribution in [0.2, 0.25) is 0 Å². The Morgan fingerprint density at radius 2 is 1.81 bits per heavy atom. The number of aryl methyl sites for hydroxylation is 2. The van der Waals surface area contributed by atoms with Gasteiger partial charge < -0.3 is 15.0 Å². The highest BCUT2D eigenvalue weighted by Crippen LogP contribution is 2.18. The predicted molar refractivity (Wildman–Crippen MR) is 99.2 cm³/mol. The van der Waals surface area contributed by atoms with Crippen molar-refractivity contribution < 1.29 is 23.9 Å². The summed E-state index contributed by atoms with van der Waals surface area (Å²) in [4.78, 5) is 48.7. The number of rotatable bonds is 9. The first-order chi connectivity index (χ1) is 12.8. The van der Waals surface area contributed by atoms with Crippen LogP contribution in [0.4, 0.5) is 0 Å². The number of hydrogen-bond donors (Lipinski definition) is 1. The number of carbonyl (C=O) groups excluding carboxylic acids is 4. The molecular weight excluding hydrogens is 348 g/mol. The molecule has 1 aromatic rings. The number of hydrogen-bond acceptors (Lipinski definition) is 5. The average molecular weight is 374 g/mol. The molecule has 1 fully saturated rings. The molecule has 1 aromatic carbocycles. The van der Waals surface area contributed by atoms with E-state index in [1.807, 2.05) is 19.9 Å². The molecule has 0 spiro atoms. The predicted octanol–water partition coefficient (Wildman–Crippen LogP) is 1.55. The zero-order valence-electron chi connectivity index (χ0n) is 16.0. The SMILES string of the molecule is Cc1ccc(C(=O)CCC(=O)OCC(=O)N(C)CC(=O)NC2CC2)cc1C. The molecule has 0 radical (unpaired) electrons. The van der Waals surface area contributed by atoms with Crippen LogP contribution in [-0.4, -0.2) is 54.7 Å². The first-order valence-electron chi connectivity index (χ1n) is 9.05. The zero-order valence-corrected chi connectivity index (χ0v) is 16.0. The van der Waals surface area contributed by atoms with Crippen molar-refractivity contribution in [2.45, 2.75) is 45.6 Å². The van der Waals surface area contributed by atoms with Gasteiger partial charge in [0.2, 0.25) is 5.91 Å². The largest absolute Gasteiger partial charge is 0.456 e. The molecular formula is C20H26N2O5. The molecule has 2 amide bonds. The number of likely N-dealkylation sites (N-methyl/N-ethyl adjacent to an activating group) is 1. The molecule has 146 valence electrons. The van der Waals surface area contributed by atoms with Crippen molar-refractivity contribution in [1.82, 2.24) is 10.2 Å². The molecule has 0 aliphatic heterocycles. The van der Waals surface area contributed by atoms with Gasteiger partial charge in [-0.1, -0.05) is 12.1 Å². The zero-order chi connectivity index (χ0) is 20.0. The van der Waals surface area contributed by atoms with Gasteiger partial charge in [0.1, 0.15) is 0 Å². The van der Waals surface area contributed by atoms with Crippen molar-refractivity contribution in [2.24, 2.45) is 0 Å². The summed E-state index contributed by atoms with van der Waals surface area (Å²) >= 11 is 0. The Morgan fingerprint density at radius 1 is 1.11 bits per heavy atom. The van der Waals surface area contributed by atoms with Crippen LogP contribution < -0.4 is 5.32 Å². The highest BCUT2D eigenvalue weighted by atomic mass is 16.5. The standard InChI is InChI=1S/C20H26N2O5/c1-13-4-5-15(10-14(13)2)17(23)8-9-20(26)27-12-19(25)22(3)11-18(24)21-16-6-7-16/h4-5,10,16H,6-9,11-12H2,1-3H3,(H,21,24). The minimum Gasteiger partial charge on any atom is -0.456 e. The molecule has 2 rings (SSSR count). The summed E-state index contributed by atoms with van der Waals surface area (Å²) < 4.78 is 4.92. The van der Waals surface area contributed by atoms with Gasteiger partial charge >= 0.3 is 5.97 Å². The lowest BCUT2D eigenvalue weighted by atomic mass is 10.0. The summed E-state index contributed by atoms with van der Waals surface area (Å²) in [5.41, 5.74) is 2.67. The number of nitrogens with one attached hydrogen (secondary N) is 1. The molecule has 7 heteroatoms. The van der Waals surface area contributed by atoms with Crippen LogP contribution in [0.5, 0.6) is 0 Å². The summed E-state index contributed by atoms with van der Waals surface area (Å²) in [7, 11) is 1.48. The molecule has 0 atom stereocenters. The van der Waals surface area contributed by atoms with Gasteiger partial charge in [-0.15, -0.1) is 0 Å². The maximum absolute atomic E-state index is 12.1. The molecule has 7 nitrogen and oxygen atoms in total. The smallest absolute Gasteiger partial charge is 0.306 e. The average Bonchev–Trinajstić information content (AvgIpc) is 3.43. The number of amides is 2. The van der Waals surface area contributed by atoms with Gasteiger partial charge in [0, 0.05) is 25.1 Å². The van der Waals surface area contributed by atoms with Crippen molar-refractivity contribution in [2.75, 3.05) is 20.2 Å². The fourth-order valence-electron chi connectivity index (χ4n) is 2.40. The van der Waals surface area contributed by atoms with E-state index in [1.54, 1.807) is 12.1 Å². The Morgan fingerprint density at radius 3 is 2.44 bits per heavy atom. The van der Waals surface area contributed by atoms with Gasteiger partial charge in [0.05, 0.1) is 13.0 Å². The summed E-state index contributed by atoms with van der Waals surface area (Å²) in [5.74, 6) is -1.44. The van der Waals surface area contributed by atoms with Crippen molar-refractivity contribution in [3.05, 3.63) is 34.9 Å². The van der Waals surface area contributed by atoms with E-state index in [0.29, 0.717) is 5.56 Å². The first-order valence-corrected chi connectivity index (χ1v) is 9.05. The van der Waals surface area contributed by atoms with Crippen LogP contribution in [0.3, 0.4) is 0 Å². The molecule has 0 bridgehead atoms. The van der Waals surface area contributed by atoms with E-state index in [2.05, 4.69) is 5.32 Å². The van der Waals surface area contributed by atoms with Gasteiger partial charge in [-0.05, 0) is 43.9 Å². The van der Waals surface area contributed by atoms with E-state index in [-0.39, 0.29) is 37.1 Å². The van der Waals surface area contributed by atoms with Gasteiger partial charge in [0.25, 0.3) is 5.91 Å². The van der Waals surface area contributed by atoms with E-state index < -0.39 is 18.5 Å². The molecule has 1 N–H and O–H groups in total. The number of ether oxygens (including phenoxy) is 1. The summed E-state index contributed by atoms with van der Waals surface area (Å²) in [5, 5.41) is 2.78. The lowest BCUT2D eigenvalue weighted by molar-refractivity contribution is -0.151. The molecule has 0 aromatic heterocycles. The van der Waals surface area contributed by atoms with Gasteiger partial charge in [-0.25, -0.2) is 0 Å². The van der Waals surface area contributed by atoms with Crippen molar-refractivity contribution >= 4 is 23.6 Å². The van der Waals surface area contributed by atoms with Crippen LogP contribution >= 0.6 is 0 Å². The third-order valence-electron chi connectivity index (χ3n) is 4.49. The molecule has 1 saturated carbocycles. The highest BCUT2D eigenvalue weighted by molar-refractivity contribution is 5.97. The van der Waals surface area contributed by atoms with Crippen LogP contribution in [0.25, 0.3) is 0 Å². The number of nitrogens with zero attached hydrogens (tertiary/aromatic N) is 1. The van der Waals surface area contributed by atoms with E-state index >= 15 is 0 Å². The second kappa shape index (κ2) is 9.30. The molecule has 0 heterocycles. The second-order valence-corrected chi connectivity index (χ2v) is 6.97. The molecule has 0 unspecified atom stereocenters. The Kier molecular flexibility index (Phi) is 7.10. The number of Topliss-reactive ketones (excluding diaryl/α,β-unsaturated/α-hetero) is 1. The summed E-state index contributed by atoms with van der Waals surface area (Å²) in [6.07, 6.45) is 1.88. The van der Waals surface area contributed by atoms with E-state index in [4.69, 9.17) is 4.74 Å². The Bertz CT molecular complexity index is 740. The lowest BCUT2D eigenvalue weighted by Crippen LogP contribution is -2.40. The van der Waals surface area contributed by atoms with Crippen LogP contribution in [0.1, 0.15) is 47.2 Å². The first kappa shape index (κ1) is 20.6. The minimum atomic E-state index is -0.614. The quantitative estimate of drug-likeness (QED) is 0.523. The summed E-state index contributed by atoms with van der Waals surface area (Å²) in [6, 6.07) is 5.64. The number of ketones is 1. The van der Waals surface area contributed by atoms with E-state index in [0.717, 1.165) is 24.0 Å². The van der Waals surface area contributed by atoms with Gasteiger partial charge in [0.15, 0.2) is 12.4 Å². The maximum atomic E-state index is 12.1. The number of benzene rings is 1. The number of carbonyl (C=O) groups is 4. The van der Waals surface area contributed by atoms with E-state index in [1.165, 1.54) is 11.9 Å². The lowest BCUT2D eigenvalue weighted by Gasteiger charge is -2.16.